The zero-order chi connectivity index (χ0) is 25.0. The molecular weight excluding hydrogens is 443 g/mol. The predicted octanol–water partition coefficient (Wildman–Crippen LogP) is 4.60. The molecule has 33 heavy (non-hydrogen) atoms. The van der Waals surface area contributed by atoms with Crippen LogP contribution in [0.2, 0.25) is 0 Å². The summed E-state index contributed by atoms with van der Waals surface area (Å²) in [6, 6.07) is 13.8. The highest BCUT2D eigenvalue weighted by molar-refractivity contribution is 7.53. The van der Waals surface area contributed by atoms with Gasteiger partial charge in [0.15, 0.2) is 11.6 Å². The highest BCUT2D eigenvalue weighted by atomic mass is 31.2. The number of rotatable bonds is 11. The molecule has 0 fully saturated rings. The molecule has 180 valence electrons. The van der Waals surface area contributed by atoms with Crippen LogP contribution in [0.4, 0.5) is 0 Å². The molecule has 0 heterocycles. The van der Waals surface area contributed by atoms with Crippen molar-refractivity contribution in [1.29, 1.82) is 0 Å². The molecule has 2 aromatic carbocycles. The Balaban J connectivity index is 2.41. The summed E-state index contributed by atoms with van der Waals surface area (Å²) < 4.78 is 22.8. The van der Waals surface area contributed by atoms with Gasteiger partial charge >= 0.3 is 7.60 Å². The fourth-order valence-corrected chi connectivity index (χ4v) is 4.60. The van der Waals surface area contributed by atoms with E-state index in [1.807, 2.05) is 0 Å². The molecular formula is C25H33O7P. The molecule has 0 amide bonds. The number of ketones is 2. The van der Waals surface area contributed by atoms with Gasteiger partial charge in [-0.1, -0.05) is 48.5 Å². The van der Waals surface area contributed by atoms with Crippen LogP contribution in [0.3, 0.4) is 0 Å². The van der Waals surface area contributed by atoms with Crippen molar-refractivity contribution in [3.8, 4) is 0 Å². The Morgan fingerprint density at radius 2 is 1.12 bits per heavy atom. The van der Waals surface area contributed by atoms with Gasteiger partial charge in [-0.25, -0.2) is 0 Å². The van der Waals surface area contributed by atoms with Gasteiger partial charge in [0.05, 0.1) is 6.16 Å². The van der Waals surface area contributed by atoms with Crippen molar-refractivity contribution < 1.29 is 33.4 Å². The van der Waals surface area contributed by atoms with Gasteiger partial charge in [-0.15, -0.1) is 0 Å². The first-order valence-corrected chi connectivity index (χ1v) is 12.4. The fourth-order valence-electron chi connectivity index (χ4n) is 3.51. The predicted molar refractivity (Wildman–Crippen MR) is 127 cm³/mol. The molecule has 2 N–H and O–H groups in total. The topological polar surface area (TPSA) is 110 Å². The molecule has 8 heteroatoms. The summed E-state index contributed by atoms with van der Waals surface area (Å²) in [4.78, 5) is 24.7. The summed E-state index contributed by atoms with van der Waals surface area (Å²) >= 11 is 0. The first-order chi connectivity index (χ1) is 15.2. The van der Waals surface area contributed by atoms with Crippen LogP contribution < -0.4 is 0 Å². The number of benzene rings is 2. The van der Waals surface area contributed by atoms with Crippen LogP contribution in [0, 0.1) is 0 Å². The van der Waals surface area contributed by atoms with E-state index in [2.05, 4.69) is 0 Å². The van der Waals surface area contributed by atoms with E-state index >= 15 is 0 Å². The van der Waals surface area contributed by atoms with Gasteiger partial charge in [-0.2, -0.15) is 0 Å². The van der Waals surface area contributed by atoms with Gasteiger partial charge in [-0.05, 0) is 45.2 Å². The molecule has 7 nitrogen and oxygen atoms in total. The SMILES string of the molecule is COP(=O)(CCC(c1ccc(C(=O)C(C)(C)O)cc1)c1ccc(C(=O)C(C)(C)O)cc1)OC. The Bertz CT molecular complexity index is 935. The van der Waals surface area contributed by atoms with Crippen LogP contribution in [0.25, 0.3) is 0 Å². The van der Waals surface area contributed by atoms with Gasteiger partial charge in [0.25, 0.3) is 0 Å². The van der Waals surface area contributed by atoms with Crippen molar-refractivity contribution in [2.45, 2.75) is 51.2 Å². The van der Waals surface area contributed by atoms with Crippen LogP contribution in [0.5, 0.6) is 0 Å². The second kappa shape index (κ2) is 10.4. The third-order valence-corrected chi connectivity index (χ3v) is 7.43. The Labute approximate surface area is 195 Å². The lowest BCUT2D eigenvalue weighted by Gasteiger charge is -2.22. The first kappa shape index (κ1) is 27.1. The van der Waals surface area contributed by atoms with E-state index in [1.54, 1.807) is 48.5 Å². The number of Topliss-reactive ketones (excluding diaryl/α,β-unsaturated/α-hetero) is 2. The number of hydrogen-bond acceptors (Lipinski definition) is 7. The average Bonchev–Trinajstić information content (AvgIpc) is 2.77. The lowest BCUT2D eigenvalue weighted by atomic mass is 9.86. The maximum Gasteiger partial charge on any atom is 0.330 e. The number of hydrogen-bond donors (Lipinski definition) is 2. The minimum atomic E-state index is -3.24. The Kier molecular flexibility index (Phi) is 8.55. The monoisotopic (exact) mass is 476 g/mol. The Morgan fingerprint density at radius 1 is 0.788 bits per heavy atom. The third kappa shape index (κ3) is 6.92. The number of carbonyl (C=O) groups excluding carboxylic acids is 2. The summed E-state index contributed by atoms with van der Waals surface area (Å²) in [5.74, 6) is -0.993. The van der Waals surface area contributed by atoms with Crippen molar-refractivity contribution in [3.63, 3.8) is 0 Å². The number of aliphatic hydroxyl groups is 2. The maximum absolute atomic E-state index is 12.6. The molecule has 0 spiro atoms. The average molecular weight is 477 g/mol. The van der Waals surface area contributed by atoms with Gasteiger partial charge in [0, 0.05) is 31.3 Å². The van der Waals surface area contributed by atoms with Gasteiger partial charge in [0.2, 0.25) is 0 Å². The first-order valence-electron chi connectivity index (χ1n) is 10.7. The quantitative estimate of drug-likeness (QED) is 0.360. The van der Waals surface area contributed by atoms with Crippen molar-refractivity contribution in [3.05, 3.63) is 70.8 Å². The second-order valence-electron chi connectivity index (χ2n) is 9.06. The van der Waals surface area contributed by atoms with Crippen molar-refractivity contribution >= 4 is 19.2 Å². The fraction of sp³-hybridized carbons (Fsp3) is 0.440. The van der Waals surface area contributed by atoms with Gasteiger partial charge < -0.3 is 19.3 Å². The van der Waals surface area contributed by atoms with E-state index in [-0.39, 0.29) is 23.6 Å². The molecule has 0 saturated heterocycles. The van der Waals surface area contributed by atoms with Crippen molar-refractivity contribution in [2.75, 3.05) is 20.4 Å². The molecule has 0 saturated carbocycles. The highest BCUT2D eigenvalue weighted by Crippen LogP contribution is 2.48. The molecule has 0 aliphatic heterocycles. The highest BCUT2D eigenvalue weighted by Gasteiger charge is 2.28. The van der Waals surface area contributed by atoms with Crippen LogP contribution in [-0.4, -0.2) is 53.4 Å². The number of carbonyl (C=O) groups is 2. The lowest BCUT2D eigenvalue weighted by molar-refractivity contribution is 0.0487. The van der Waals surface area contributed by atoms with Gasteiger partial charge in [0.1, 0.15) is 11.2 Å². The van der Waals surface area contributed by atoms with Crippen molar-refractivity contribution in [1.82, 2.24) is 0 Å². The second-order valence-corrected chi connectivity index (χ2v) is 11.5. The smallest absolute Gasteiger partial charge is 0.330 e. The maximum atomic E-state index is 12.6. The zero-order valence-corrected chi connectivity index (χ0v) is 20.9. The Morgan fingerprint density at radius 3 is 1.39 bits per heavy atom. The summed E-state index contributed by atoms with van der Waals surface area (Å²) in [6.45, 7) is 5.76. The molecule has 0 aliphatic carbocycles. The van der Waals surface area contributed by atoms with E-state index < -0.39 is 18.8 Å². The van der Waals surface area contributed by atoms with E-state index in [0.29, 0.717) is 17.5 Å². The summed E-state index contributed by atoms with van der Waals surface area (Å²) in [5.41, 5.74) is -0.461. The van der Waals surface area contributed by atoms with Crippen LogP contribution >= 0.6 is 7.60 Å². The third-order valence-electron chi connectivity index (χ3n) is 5.51. The molecule has 2 rings (SSSR count). The van der Waals surface area contributed by atoms with Crippen LogP contribution in [0.15, 0.2) is 48.5 Å². The van der Waals surface area contributed by atoms with E-state index in [9.17, 15) is 24.4 Å². The van der Waals surface area contributed by atoms with Crippen LogP contribution in [-0.2, 0) is 13.6 Å². The molecule has 0 bridgehead atoms. The molecule has 0 aliphatic rings. The van der Waals surface area contributed by atoms with E-state index in [0.717, 1.165) is 11.1 Å². The minimum Gasteiger partial charge on any atom is -0.382 e. The van der Waals surface area contributed by atoms with E-state index in [4.69, 9.17) is 9.05 Å². The lowest BCUT2D eigenvalue weighted by Crippen LogP contribution is -2.31. The molecule has 0 unspecified atom stereocenters. The molecule has 2 aromatic rings. The molecule has 0 radical (unpaired) electrons. The van der Waals surface area contributed by atoms with Crippen LogP contribution in [0.1, 0.15) is 71.9 Å². The standard InChI is InChI=1S/C25H33O7P/c1-24(2,28)22(26)19-11-7-17(8-12-19)21(15-16-33(30,31-5)32-6)18-9-13-20(14-10-18)23(27)25(3,4)29/h7-14,21,28-29H,15-16H2,1-6H3. The minimum absolute atomic E-state index is 0.166. The zero-order valence-electron chi connectivity index (χ0n) is 20.0. The molecule has 0 aromatic heterocycles. The summed E-state index contributed by atoms with van der Waals surface area (Å²) in [7, 11) is -0.564. The normalized spacial score (nSPS) is 12.8. The van der Waals surface area contributed by atoms with E-state index in [1.165, 1.54) is 41.9 Å². The summed E-state index contributed by atoms with van der Waals surface area (Å²) in [5, 5.41) is 20.0. The van der Waals surface area contributed by atoms with Crippen molar-refractivity contribution in [2.24, 2.45) is 0 Å². The summed E-state index contributed by atoms with van der Waals surface area (Å²) in [6.07, 6.45) is 0.593. The van der Waals surface area contributed by atoms with Gasteiger partial charge in [-0.3, -0.25) is 14.2 Å². The largest absolute Gasteiger partial charge is 0.382 e. The Hall–Kier alpha value is -2.15. The molecule has 0 atom stereocenters.